The Hall–Kier alpha value is -4.10. The molecule has 4 unspecified atom stereocenters. The van der Waals surface area contributed by atoms with E-state index in [1.807, 2.05) is 28.0 Å². The minimum absolute atomic E-state index is 0.0136. The lowest BCUT2D eigenvalue weighted by atomic mass is 9.81. The van der Waals surface area contributed by atoms with E-state index in [-0.39, 0.29) is 35.3 Å². The summed E-state index contributed by atoms with van der Waals surface area (Å²) in [5.41, 5.74) is 5.05. The second kappa shape index (κ2) is 12.8. The summed E-state index contributed by atoms with van der Waals surface area (Å²) in [4.78, 5) is 47.8. The van der Waals surface area contributed by atoms with Gasteiger partial charge in [0, 0.05) is 99.7 Å². The standard InChI is InChI=1S/C40H50N6O6S/c1-42(2)53(50,51)41-37(47)26-11-13-31-34(17-26)46-24-40(38(48)44-20-27-22-45(23-28(27)21-44)39(49)43-15-7-8-16-43)19-33(40)32-18-29(52-3)12-14-30(32)36(46)35(31)25-9-5-4-6-10-25/h11-14,17-18,25,27-28,33H,4-10,15-16,19-24H2,1-3H3,(H,41,47). The maximum atomic E-state index is 15.0. The largest absolute Gasteiger partial charge is 0.497 e. The van der Waals surface area contributed by atoms with Crippen molar-refractivity contribution in [3.05, 3.63) is 53.1 Å². The molecule has 282 valence electrons. The summed E-state index contributed by atoms with van der Waals surface area (Å²) < 4.78 is 36.5. The number of rotatable bonds is 6. The van der Waals surface area contributed by atoms with Gasteiger partial charge in [-0.2, -0.15) is 12.7 Å². The Bertz CT molecular complexity index is 2100. The minimum atomic E-state index is -3.99. The van der Waals surface area contributed by atoms with E-state index in [1.165, 1.54) is 26.1 Å². The molecule has 2 aliphatic carbocycles. The molecule has 5 fully saturated rings. The smallest absolute Gasteiger partial charge is 0.320 e. The number of benzene rings is 2. The molecule has 3 saturated heterocycles. The van der Waals surface area contributed by atoms with Gasteiger partial charge in [-0.15, -0.1) is 0 Å². The van der Waals surface area contributed by atoms with Gasteiger partial charge in [0.2, 0.25) is 5.91 Å². The van der Waals surface area contributed by atoms with E-state index >= 15 is 4.79 Å². The van der Waals surface area contributed by atoms with Gasteiger partial charge in [0.25, 0.3) is 5.91 Å². The molecular formula is C40H50N6O6S. The topological polar surface area (TPSA) is 124 Å². The first-order valence-corrected chi connectivity index (χ1v) is 20.9. The van der Waals surface area contributed by atoms with E-state index < -0.39 is 21.5 Å². The first-order valence-electron chi connectivity index (χ1n) is 19.4. The van der Waals surface area contributed by atoms with Crippen LogP contribution < -0.4 is 9.46 Å². The second-order valence-corrected chi connectivity index (χ2v) is 18.5. The van der Waals surface area contributed by atoms with Crippen molar-refractivity contribution in [1.29, 1.82) is 0 Å². The van der Waals surface area contributed by atoms with Crippen LogP contribution >= 0.6 is 0 Å². The summed E-state index contributed by atoms with van der Waals surface area (Å²) in [6.45, 7) is 4.86. The number of amides is 4. The zero-order valence-corrected chi connectivity index (χ0v) is 31.8. The van der Waals surface area contributed by atoms with Gasteiger partial charge >= 0.3 is 16.2 Å². The SMILES string of the molecule is COc1ccc2c(c1)C1CC1(C(=O)N1CC3CN(C(=O)N4CCCC4)CC3C1)Cn1c-2c(C2CCCCC2)c2ccc(C(=O)NS(=O)(=O)N(C)C)cc21. The van der Waals surface area contributed by atoms with Crippen LogP contribution in [0.3, 0.4) is 0 Å². The Kier molecular flexibility index (Phi) is 8.34. The van der Waals surface area contributed by atoms with Gasteiger partial charge in [0.05, 0.1) is 18.2 Å². The number of carbonyl (C=O) groups is 3. The summed E-state index contributed by atoms with van der Waals surface area (Å²) in [7, 11) is 0.454. The number of urea groups is 1. The number of ether oxygens (including phenoxy) is 1. The van der Waals surface area contributed by atoms with Crippen molar-refractivity contribution in [3.63, 3.8) is 0 Å². The third-order valence-electron chi connectivity index (χ3n) is 13.3. The number of hydrogen-bond acceptors (Lipinski definition) is 6. The predicted molar refractivity (Wildman–Crippen MR) is 201 cm³/mol. The van der Waals surface area contributed by atoms with E-state index in [0.29, 0.717) is 38.6 Å². The number of methoxy groups -OCH3 is 1. The van der Waals surface area contributed by atoms with Gasteiger partial charge in [-0.3, -0.25) is 9.59 Å². The quantitative estimate of drug-likeness (QED) is 0.380. The van der Waals surface area contributed by atoms with Crippen LogP contribution in [-0.2, 0) is 21.5 Å². The molecule has 6 aliphatic rings. The molecule has 13 heteroatoms. The molecule has 0 spiro atoms. The molecule has 2 saturated carbocycles. The van der Waals surface area contributed by atoms with Crippen LogP contribution in [0, 0.1) is 17.3 Å². The van der Waals surface area contributed by atoms with Crippen molar-refractivity contribution >= 4 is 39.0 Å². The fourth-order valence-electron chi connectivity index (χ4n) is 10.4. The monoisotopic (exact) mass is 742 g/mol. The summed E-state index contributed by atoms with van der Waals surface area (Å²) in [6, 6.07) is 12.0. The normalized spacial score (nSPS) is 26.6. The number of likely N-dealkylation sites (tertiary alicyclic amines) is 3. The Morgan fingerprint density at radius 2 is 1.57 bits per heavy atom. The van der Waals surface area contributed by atoms with Crippen LogP contribution in [0.5, 0.6) is 5.75 Å². The van der Waals surface area contributed by atoms with Gasteiger partial charge in [-0.1, -0.05) is 25.3 Å². The zero-order valence-electron chi connectivity index (χ0n) is 31.0. The number of nitrogens with one attached hydrogen (secondary N) is 1. The number of hydrogen-bond donors (Lipinski definition) is 1. The lowest BCUT2D eigenvalue weighted by Crippen LogP contribution is -2.44. The molecule has 5 heterocycles. The Labute approximate surface area is 311 Å². The van der Waals surface area contributed by atoms with Crippen molar-refractivity contribution in [1.82, 2.24) is 28.3 Å². The molecule has 4 aliphatic heterocycles. The summed E-state index contributed by atoms with van der Waals surface area (Å²) >= 11 is 0. The molecular weight excluding hydrogens is 693 g/mol. The average Bonchev–Trinajstić information content (AvgIpc) is 3.59. The Balaban J connectivity index is 1.11. The maximum Gasteiger partial charge on any atom is 0.320 e. The number of aromatic nitrogens is 1. The highest BCUT2D eigenvalue weighted by atomic mass is 32.2. The van der Waals surface area contributed by atoms with Crippen LogP contribution in [0.15, 0.2) is 36.4 Å². The van der Waals surface area contributed by atoms with E-state index in [2.05, 4.69) is 26.3 Å². The van der Waals surface area contributed by atoms with Crippen molar-refractivity contribution in [2.24, 2.45) is 17.3 Å². The molecule has 53 heavy (non-hydrogen) atoms. The second-order valence-electron chi connectivity index (χ2n) is 16.6. The lowest BCUT2D eigenvalue weighted by Gasteiger charge is -2.28. The van der Waals surface area contributed by atoms with Crippen LogP contribution in [-0.4, -0.2) is 110 Å². The first kappa shape index (κ1) is 34.7. The number of carbonyl (C=O) groups excluding carboxylic acids is 3. The molecule has 1 N–H and O–H groups in total. The molecule has 2 aromatic carbocycles. The van der Waals surface area contributed by atoms with Crippen molar-refractivity contribution < 1.29 is 27.5 Å². The molecule has 12 nitrogen and oxygen atoms in total. The highest BCUT2D eigenvalue weighted by molar-refractivity contribution is 7.87. The summed E-state index contributed by atoms with van der Waals surface area (Å²) in [6.07, 6.45) is 8.52. The number of fused-ring (bicyclic) bond motifs is 8. The van der Waals surface area contributed by atoms with Gasteiger partial charge in [0.15, 0.2) is 0 Å². The fourth-order valence-corrected chi connectivity index (χ4v) is 11.0. The third-order valence-corrected chi connectivity index (χ3v) is 14.7. The maximum absolute atomic E-state index is 15.0. The molecule has 4 atom stereocenters. The fraction of sp³-hybridized carbons (Fsp3) is 0.575. The Morgan fingerprint density at radius 3 is 2.25 bits per heavy atom. The highest BCUT2D eigenvalue weighted by Gasteiger charge is 2.65. The van der Waals surface area contributed by atoms with E-state index in [1.54, 1.807) is 13.2 Å². The summed E-state index contributed by atoms with van der Waals surface area (Å²) in [5.74, 6) is 1.14. The summed E-state index contributed by atoms with van der Waals surface area (Å²) in [5, 5.41) is 1.06. The van der Waals surface area contributed by atoms with Crippen LogP contribution in [0.1, 0.15) is 84.7 Å². The van der Waals surface area contributed by atoms with Crippen LogP contribution in [0.25, 0.3) is 22.2 Å². The highest BCUT2D eigenvalue weighted by Crippen LogP contribution is 2.66. The van der Waals surface area contributed by atoms with Crippen molar-refractivity contribution in [2.45, 2.75) is 69.7 Å². The van der Waals surface area contributed by atoms with Crippen molar-refractivity contribution in [2.75, 3.05) is 60.5 Å². The lowest BCUT2D eigenvalue weighted by molar-refractivity contribution is -0.137. The molecule has 9 rings (SSSR count). The molecule has 1 aromatic heterocycles. The van der Waals surface area contributed by atoms with E-state index in [4.69, 9.17) is 4.74 Å². The van der Waals surface area contributed by atoms with Gasteiger partial charge in [-0.25, -0.2) is 9.52 Å². The zero-order chi connectivity index (χ0) is 36.8. The minimum Gasteiger partial charge on any atom is -0.497 e. The van der Waals surface area contributed by atoms with Gasteiger partial charge < -0.3 is 24.0 Å². The average molecular weight is 743 g/mol. The van der Waals surface area contributed by atoms with Gasteiger partial charge in [0.1, 0.15) is 5.75 Å². The van der Waals surface area contributed by atoms with Crippen LogP contribution in [0.4, 0.5) is 4.79 Å². The van der Waals surface area contributed by atoms with Gasteiger partial charge in [-0.05, 0) is 79.5 Å². The first-order chi connectivity index (χ1) is 25.5. The van der Waals surface area contributed by atoms with E-state index in [0.717, 1.165) is 95.8 Å². The molecule has 0 bridgehead atoms. The number of nitrogens with zero attached hydrogens (tertiary/aromatic N) is 5. The third kappa shape index (κ3) is 5.63. The van der Waals surface area contributed by atoms with Crippen LogP contribution in [0.2, 0.25) is 0 Å². The molecule has 4 amide bonds. The van der Waals surface area contributed by atoms with Crippen molar-refractivity contribution in [3.8, 4) is 17.0 Å². The molecule has 0 radical (unpaired) electrons. The Morgan fingerprint density at radius 1 is 0.868 bits per heavy atom. The van der Waals surface area contributed by atoms with E-state index in [9.17, 15) is 18.0 Å². The molecule has 3 aromatic rings. The predicted octanol–water partition coefficient (Wildman–Crippen LogP) is 4.99.